The molecule has 0 bridgehead atoms. The number of sulfone groups is 1. The van der Waals surface area contributed by atoms with Crippen LogP contribution in [0.5, 0.6) is 0 Å². The van der Waals surface area contributed by atoms with Gasteiger partial charge in [0.05, 0.1) is 27.8 Å². The third kappa shape index (κ3) is 3.87. The Hall–Kier alpha value is -1.16. The Balaban J connectivity index is 1.94. The molecule has 0 radical (unpaired) electrons. The van der Waals surface area contributed by atoms with Gasteiger partial charge in [-0.25, -0.2) is 8.42 Å². The summed E-state index contributed by atoms with van der Waals surface area (Å²) >= 11 is 9.39. The van der Waals surface area contributed by atoms with Crippen molar-refractivity contribution >= 4 is 37.4 Å². The molecular formula is C17H14BrClF3NO3S. The lowest BCUT2D eigenvalue weighted by atomic mass is 10.0. The molecule has 0 spiro atoms. The van der Waals surface area contributed by atoms with Crippen molar-refractivity contribution in [1.29, 1.82) is 0 Å². The molecule has 1 aromatic heterocycles. The second-order valence-electron chi connectivity index (χ2n) is 6.50. The summed E-state index contributed by atoms with van der Waals surface area (Å²) < 4.78 is 69.8. The van der Waals surface area contributed by atoms with Gasteiger partial charge in [-0.1, -0.05) is 17.7 Å². The number of alkyl halides is 3. The van der Waals surface area contributed by atoms with E-state index in [0.717, 1.165) is 18.2 Å². The maximum atomic E-state index is 13.0. The van der Waals surface area contributed by atoms with Crippen molar-refractivity contribution in [2.75, 3.05) is 6.61 Å². The van der Waals surface area contributed by atoms with Crippen LogP contribution in [0.4, 0.5) is 13.2 Å². The molecule has 2 aromatic rings. The van der Waals surface area contributed by atoms with Gasteiger partial charge in [-0.3, -0.25) is 4.98 Å². The van der Waals surface area contributed by atoms with E-state index < -0.39 is 32.4 Å². The molecule has 0 amide bonds. The van der Waals surface area contributed by atoms with Gasteiger partial charge in [-0.2, -0.15) is 13.2 Å². The first kappa shape index (κ1) is 20.6. The Morgan fingerprint density at radius 1 is 1.33 bits per heavy atom. The summed E-state index contributed by atoms with van der Waals surface area (Å²) in [6.07, 6.45) is -3.76. The van der Waals surface area contributed by atoms with E-state index in [4.69, 9.17) is 16.3 Å². The minimum Gasteiger partial charge on any atom is -0.370 e. The van der Waals surface area contributed by atoms with Crippen molar-refractivity contribution < 1.29 is 26.3 Å². The van der Waals surface area contributed by atoms with Crippen LogP contribution in [0.1, 0.15) is 30.7 Å². The molecular weight excluding hydrogens is 471 g/mol. The summed E-state index contributed by atoms with van der Waals surface area (Å²) in [5.41, 5.74) is -0.622. The van der Waals surface area contributed by atoms with Crippen LogP contribution < -0.4 is 0 Å². The van der Waals surface area contributed by atoms with Gasteiger partial charge in [-0.15, -0.1) is 0 Å². The molecule has 2 heterocycles. The second-order valence-corrected chi connectivity index (χ2v) is 10.3. The average molecular weight is 485 g/mol. The third-order valence-corrected chi connectivity index (χ3v) is 7.66. The highest BCUT2D eigenvalue weighted by molar-refractivity contribution is 9.10. The molecule has 1 fully saturated rings. The van der Waals surface area contributed by atoms with Crippen molar-refractivity contribution in [3.05, 3.63) is 57.3 Å². The number of ether oxygens (including phenoxy) is 1. The number of hydrogen-bond donors (Lipinski definition) is 0. The molecule has 0 N–H and O–H groups in total. The Kier molecular flexibility index (Phi) is 5.35. The van der Waals surface area contributed by atoms with E-state index >= 15 is 0 Å². The van der Waals surface area contributed by atoms with Gasteiger partial charge in [0.15, 0.2) is 9.84 Å². The van der Waals surface area contributed by atoms with Gasteiger partial charge in [0.2, 0.25) is 0 Å². The van der Waals surface area contributed by atoms with E-state index in [1.54, 1.807) is 6.07 Å². The van der Waals surface area contributed by atoms with Crippen LogP contribution in [-0.2, 0) is 20.8 Å². The van der Waals surface area contributed by atoms with Crippen LogP contribution >= 0.6 is 27.5 Å². The van der Waals surface area contributed by atoms with Gasteiger partial charge >= 0.3 is 6.18 Å². The zero-order chi connectivity index (χ0) is 20.0. The first-order valence-corrected chi connectivity index (χ1v) is 10.4. The van der Waals surface area contributed by atoms with Crippen LogP contribution in [0.2, 0.25) is 5.02 Å². The Morgan fingerprint density at radius 3 is 2.67 bits per heavy atom. The third-order valence-electron chi connectivity index (χ3n) is 4.47. The lowest BCUT2D eigenvalue weighted by Gasteiger charge is -2.23. The maximum absolute atomic E-state index is 13.0. The number of hydrogen-bond acceptors (Lipinski definition) is 4. The first-order valence-electron chi connectivity index (χ1n) is 7.78. The summed E-state index contributed by atoms with van der Waals surface area (Å²) in [6.45, 7) is 1.28. The lowest BCUT2D eigenvalue weighted by Crippen LogP contribution is -2.36. The number of benzene rings is 1. The molecule has 2 unspecified atom stereocenters. The fourth-order valence-electron chi connectivity index (χ4n) is 2.94. The summed E-state index contributed by atoms with van der Waals surface area (Å²) in [6, 6.07) is 5.34. The molecule has 1 aliphatic rings. The van der Waals surface area contributed by atoms with E-state index in [1.165, 1.54) is 13.1 Å². The summed E-state index contributed by atoms with van der Waals surface area (Å²) in [5.74, 6) is 0. The number of rotatable bonds is 3. The average Bonchev–Trinajstić information content (AvgIpc) is 2.98. The molecule has 1 saturated heterocycles. The van der Waals surface area contributed by atoms with Crippen molar-refractivity contribution in [2.45, 2.75) is 35.3 Å². The van der Waals surface area contributed by atoms with Crippen LogP contribution in [-0.4, -0.2) is 24.8 Å². The van der Waals surface area contributed by atoms with Crippen molar-refractivity contribution in [3.8, 4) is 0 Å². The van der Waals surface area contributed by atoms with Crippen LogP contribution in [0, 0.1) is 0 Å². The molecule has 0 aliphatic carbocycles. The summed E-state index contributed by atoms with van der Waals surface area (Å²) in [4.78, 5) is 3.79. The maximum Gasteiger partial charge on any atom is 0.416 e. The van der Waals surface area contributed by atoms with Crippen LogP contribution in [0.25, 0.3) is 0 Å². The Bertz CT molecular complexity index is 984. The normalized spacial score (nSPS) is 23.6. The Morgan fingerprint density at radius 2 is 2.04 bits per heavy atom. The smallest absolute Gasteiger partial charge is 0.370 e. The zero-order valence-electron chi connectivity index (χ0n) is 13.9. The molecule has 10 heteroatoms. The highest BCUT2D eigenvalue weighted by Gasteiger charge is 2.49. The van der Waals surface area contributed by atoms with E-state index in [1.807, 2.05) is 0 Å². The number of pyridine rings is 1. The Labute approximate surface area is 167 Å². The summed E-state index contributed by atoms with van der Waals surface area (Å²) in [5, 5.41) is 0.315. The van der Waals surface area contributed by atoms with Gasteiger partial charge in [0.1, 0.15) is 10.9 Å². The molecule has 27 heavy (non-hydrogen) atoms. The molecule has 1 aliphatic heterocycles. The highest BCUT2D eigenvalue weighted by Crippen LogP contribution is 2.44. The zero-order valence-corrected chi connectivity index (χ0v) is 17.1. The van der Waals surface area contributed by atoms with Crippen LogP contribution in [0.15, 0.2) is 45.9 Å². The molecule has 2 atom stereocenters. The fourth-order valence-corrected chi connectivity index (χ4v) is 5.39. The molecule has 146 valence electrons. The van der Waals surface area contributed by atoms with Crippen molar-refractivity contribution in [2.24, 2.45) is 0 Å². The first-order chi connectivity index (χ1) is 12.4. The quantitative estimate of drug-likeness (QED) is 0.600. The number of nitrogens with zero attached hydrogens (tertiary/aromatic N) is 1. The largest absolute Gasteiger partial charge is 0.416 e. The molecule has 0 saturated carbocycles. The lowest BCUT2D eigenvalue weighted by molar-refractivity contribution is -0.137. The van der Waals surface area contributed by atoms with Gasteiger partial charge in [0, 0.05) is 17.1 Å². The minimum atomic E-state index is -4.63. The summed E-state index contributed by atoms with van der Waals surface area (Å²) in [7, 11) is -4.09. The molecule has 4 nitrogen and oxygen atoms in total. The molecule has 3 rings (SSSR count). The predicted octanol–water partition coefficient (Wildman–Crippen LogP) is 5.21. The number of halogens is 5. The van der Waals surface area contributed by atoms with E-state index in [-0.39, 0.29) is 17.9 Å². The van der Waals surface area contributed by atoms with Crippen LogP contribution in [0.3, 0.4) is 0 Å². The minimum absolute atomic E-state index is 0.0277. The van der Waals surface area contributed by atoms with Gasteiger partial charge < -0.3 is 4.74 Å². The monoisotopic (exact) mass is 483 g/mol. The molecule has 1 aromatic carbocycles. The SMILES string of the molecule is CC1(S(=O)(=O)c2cccc(C(F)(F)F)c2)COC(c2ncc(Br)cc2Cl)C1. The van der Waals surface area contributed by atoms with E-state index in [9.17, 15) is 21.6 Å². The topological polar surface area (TPSA) is 56.3 Å². The fraction of sp³-hybridized carbons (Fsp3) is 0.353. The second kappa shape index (κ2) is 7.02. The van der Waals surface area contributed by atoms with Crippen molar-refractivity contribution in [3.63, 3.8) is 0 Å². The number of aromatic nitrogens is 1. The van der Waals surface area contributed by atoms with E-state index in [2.05, 4.69) is 20.9 Å². The van der Waals surface area contributed by atoms with E-state index in [0.29, 0.717) is 21.3 Å². The van der Waals surface area contributed by atoms with Gasteiger partial charge in [-0.05, 0) is 47.1 Å². The standard InChI is InChI=1S/C17H14BrClF3NO3S/c1-16(7-14(26-9-16)15-13(19)6-11(18)8-23-15)27(24,25)12-4-2-3-10(5-12)17(20,21)22/h2-6,8,14H,7,9H2,1H3. The highest BCUT2D eigenvalue weighted by atomic mass is 79.9. The predicted molar refractivity (Wildman–Crippen MR) is 97.3 cm³/mol. The van der Waals surface area contributed by atoms with Gasteiger partial charge in [0.25, 0.3) is 0 Å². The van der Waals surface area contributed by atoms with Crippen molar-refractivity contribution in [1.82, 2.24) is 4.98 Å².